The molecule has 0 radical (unpaired) electrons. The largest absolute Gasteiger partial charge is 0.249 e. The van der Waals surface area contributed by atoms with Crippen LogP contribution in [0.15, 0.2) is 0 Å². The zero-order chi connectivity index (χ0) is 14.9. The molecule has 0 spiro atoms. The highest BCUT2D eigenvalue weighted by Gasteiger charge is 2.23. The molecular weight excluding hydrogens is 270 g/mol. The van der Waals surface area contributed by atoms with Crippen LogP contribution < -0.4 is 0 Å². The molecule has 2 aromatic rings. The first kappa shape index (κ1) is 13.5. The van der Waals surface area contributed by atoms with Crippen LogP contribution in [0.1, 0.15) is 35.9 Å². The van der Waals surface area contributed by atoms with E-state index in [-0.39, 0.29) is 28.4 Å². The predicted octanol–water partition coefficient (Wildman–Crippen LogP) is 4.26. The maximum atomic E-state index is 9.28. The van der Waals surface area contributed by atoms with Crippen molar-refractivity contribution in [2.45, 2.75) is 19.8 Å². The number of thiazole rings is 1. The fourth-order valence-corrected chi connectivity index (χ4v) is 2.88. The van der Waals surface area contributed by atoms with Gasteiger partial charge in [0.15, 0.2) is 0 Å². The van der Waals surface area contributed by atoms with Crippen molar-refractivity contribution in [2.75, 3.05) is 0 Å². The molecule has 0 unspecified atom stereocenters. The van der Waals surface area contributed by atoms with Crippen molar-refractivity contribution in [1.82, 2.24) is 4.98 Å². The van der Waals surface area contributed by atoms with Gasteiger partial charge in [0.1, 0.15) is 0 Å². The molecule has 0 saturated heterocycles. The minimum absolute atomic E-state index is 0.0505. The molecule has 0 fully saturated rings. The maximum Gasteiger partial charge on any atom is 0.215 e. The van der Waals surface area contributed by atoms with Gasteiger partial charge in [-0.05, 0) is 0 Å². The van der Waals surface area contributed by atoms with Crippen LogP contribution in [0.5, 0.6) is 0 Å². The van der Waals surface area contributed by atoms with Crippen LogP contribution in [0.2, 0.25) is 0 Å². The Hall–Kier alpha value is -2.93. The average Bonchev–Trinajstić information content (AvgIpc) is 2.88. The zero-order valence-electron chi connectivity index (χ0n) is 10.7. The molecule has 20 heavy (non-hydrogen) atoms. The van der Waals surface area contributed by atoms with E-state index in [0.29, 0.717) is 10.2 Å². The van der Waals surface area contributed by atoms with Crippen LogP contribution in [-0.2, 0) is 0 Å². The third-order valence-electron chi connectivity index (χ3n) is 2.75. The highest BCUT2D eigenvalue weighted by Crippen LogP contribution is 2.44. The number of hydrogen-bond acceptors (Lipinski definition) is 4. The second-order valence-corrected chi connectivity index (χ2v) is 5.31. The highest BCUT2D eigenvalue weighted by molar-refractivity contribution is 7.19. The molecule has 0 amide bonds. The second kappa shape index (κ2) is 4.98. The van der Waals surface area contributed by atoms with E-state index in [1.807, 2.05) is 26.0 Å². The van der Waals surface area contributed by atoms with Crippen LogP contribution >= 0.6 is 11.3 Å². The van der Waals surface area contributed by atoms with Gasteiger partial charge in [-0.1, -0.05) is 13.8 Å². The third-order valence-corrected chi connectivity index (χ3v) is 4.12. The summed E-state index contributed by atoms with van der Waals surface area (Å²) in [5.41, 5.74) is 0.460. The van der Waals surface area contributed by atoms with E-state index in [1.165, 1.54) is 11.3 Å². The number of rotatable bonds is 1. The fourth-order valence-electron chi connectivity index (χ4n) is 1.81. The molecule has 0 atom stereocenters. The van der Waals surface area contributed by atoms with E-state index in [0.717, 1.165) is 5.01 Å². The summed E-state index contributed by atoms with van der Waals surface area (Å²) in [5.74, 6) is 0.151. The normalized spacial score (nSPS) is 9.75. The van der Waals surface area contributed by atoms with Gasteiger partial charge in [-0.25, -0.2) is 14.7 Å². The Morgan fingerprint density at radius 3 is 2.10 bits per heavy atom. The Morgan fingerprint density at radius 2 is 1.65 bits per heavy atom. The smallest absolute Gasteiger partial charge is 0.215 e. The number of nitrogens with zero attached hydrogens (tertiary/aromatic N) is 5. The minimum atomic E-state index is -0.0767. The lowest BCUT2D eigenvalue weighted by Crippen LogP contribution is -1.87. The Kier molecular flexibility index (Phi) is 3.36. The molecule has 0 bridgehead atoms. The summed E-state index contributed by atoms with van der Waals surface area (Å²) < 4.78 is 0.520. The minimum Gasteiger partial charge on any atom is -0.249 e. The molecule has 2 rings (SSSR count). The van der Waals surface area contributed by atoms with Crippen LogP contribution in [0.4, 0.5) is 11.4 Å². The first-order chi connectivity index (χ1) is 9.58. The van der Waals surface area contributed by atoms with Gasteiger partial charge < -0.3 is 0 Å². The summed E-state index contributed by atoms with van der Waals surface area (Å²) in [5, 5.41) is 19.3. The molecular formula is C14H7N5S. The van der Waals surface area contributed by atoms with Crippen molar-refractivity contribution >= 4 is 32.9 Å². The first-order valence-corrected chi connectivity index (χ1v) is 6.46. The Bertz CT molecular complexity index is 809. The highest BCUT2D eigenvalue weighted by atomic mass is 32.1. The van der Waals surface area contributed by atoms with Gasteiger partial charge >= 0.3 is 0 Å². The van der Waals surface area contributed by atoms with E-state index < -0.39 is 0 Å². The maximum absolute atomic E-state index is 9.28. The Labute approximate surface area is 120 Å². The van der Waals surface area contributed by atoms with E-state index in [1.54, 1.807) is 0 Å². The zero-order valence-corrected chi connectivity index (χ0v) is 11.5. The molecule has 5 nitrogen and oxygen atoms in total. The summed E-state index contributed by atoms with van der Waals surface area (Å²) in [4.78, 5) is 10.9. The summed E-state index contributed by atoms with van der Waals surface area (Å²) >= 11 is 1.30. The van der Waals surface area contributed by atoms with Crippen LogP contribution in [-0.4, -0.2) is 4.98 Å². The molecule has 6 heteroatoms. The van der Waals surface area contributed by atoms with Gasteiger partial charge in [-0.15, -0.1) is 11.3 Å². The first-order valence-electron chi connectivity index (χ1n) is 5.64. The molecule has 1 aromatic carbocycles. The molecule has 0 saturated carbocycles. The molecule has 0 aliphatic heterocycles. The van der Waals surface area contributed by atoms with Gasteiger partial charge in [0.25, 0.3) is 0 Å². The SMILES string of the molecule is [C-]#[N+]c1c([N+]#[C-])c(C#N)c2sc(C(C)C)nc2c1C#N. The monoisotopic (exact) mass is 277 g/mol. The second-order valence-electron chi connectivity index (χ2n) is 4.28. The van der Waals surface area contributed by atoms with Crippen molar-refractivity contribution < 1.29 is 0 Å². The van der Waals surface area contributed by atoms with Crippen molar-refractivity contribution in [3.63, 3.8) is 0 Å². The topological polar surface area (TPSA) is 69.2 Å². The van der Waals surface area contributed by atoms with Crippen molar-refractivity contribution in [3.05, 3.63) is 39.0 Å². The van der Waals surface area contributed by atoms with Crippen molar-refractivity contribution in [1.29, 1.82) is 10.5 Å². The number of fused-ring (bicyclic) bond motifs is 1. The van der Waals surface area contributed by atoms with Crippen LogP contribution in [0, 0.1) is 35.8 Å². The van der Waals surface area contributed by atoms with Gasteiger partial charge in [0, 0.05) is 5.92 Å². The van der Waals surface area contributed by atoms with Gasteiger partial charge in [0.05, 0.1) is 51.6 Å². The van der Waals surface area contributed by atoms with Gasteiger partial charge in [0.2, 0.25) is 11.4 Å². The quantitative estimate of drug-likeness (QED) is 0.731. The van der Waals surface area contributed by atoms with Crippen LogP contribution in [0.3, 0.4) is 0 Å². The standard InChI is InChI=1S/C14H7N5S/c1-7(2)14-19-12-8(5-15)10(17-3)11(18-4)9(6-16)13(12)20-14/h7H,1-2H3. The van der Waals surface area contributed by atoms with Crippen molar-refractivity contribution in [2.24, 2.45) is 0 Å². The fraction of sp³-hybridized carbons (Fsp3) is 0.214. The third kappa shape index (κ3) is 1.77. The number of nitriles is 2. The number of hydrogen-bond donors (Lipinski definition) is 0. The Morgan fingerprint density at radius 1 is 1.10 bits per heavy atom. The lowest BCUT2D eigenvalue weighted by Gasteiger charge is -2.02. The summed E-state index contributed by atoms with van der Waals surface area (Å²) in [6.07, 6.45) is 0. The average molecular weight is 277 g/mol. The summed E-state index contributed by atoms with van der Waals surface area (Å²) in [6.45, 7) is 18.3. The lowest BCUT2D eigenvalue weighted by atomic mass is 10.1. The molecule has 94 valence electrons. The van der Waals surface area contributed by atoms with Crippen molar-refractivity contribution in [3.8, 4) is 12.1 Å². The van der Waals surface area contributed by atoms with E-state index in [2.05, 4.69) is 14.7 Å². The van der Waals surface area contributed by atoms with E-state index in [9.17, 15) is 10.5 Å². The Balaban J connectivity index is 3.10. The van der Waals surface area contributed by atoms with Gasteiger partial charge in [-0.3, -0.25) is 0 Å². The van der Waals surface area contributed by atoms with Gasteiger partial charge in [-0.2, -0.15) is 10.5 Å². The molecule has 1 aromatic heterocycles. The van der Waals surface area contributed by atoms with Crippen LogP contribution in [0.25, 0.3) is 19.9 Å². The predicted molar refractivity (Wildman–Crippen MR) is 75.7 cm³/mol. The number of benzene rings is 1. The molecule has 0 aliphatic carbocycles. The summed E-state index contributed by atoms with van der Waals surface area (Å²) in [7, 11) is 0. The van der Waals surface area contributed by atoms with E-state index >= 15 is 0 Å². The molecule has 0 aliphatic rings. The van der Waals surface area contributed by atoms with E-state index in [4.69, 9.17) is 13.1 Å². The molecule has 1 heterocycles. The number of aromatic nitrogens is 1. The molecule has 0 N–H and O–H groups in total. The lowest BCUT2D eigenvalue weighted by molar-refractivity contribution is 0.856. The summed E-state index contributed by atoms with van der Waals surface area (Å²) in [6, 6.07) is 3.92.